The van der Waals surface area contributed by atoms with Gasteiger partial charge in [-0.1, -0.05) is 13.0 Å². The number of ether oxygens (including phenoxy) is 2. The van der Waals surface area contributed by atoms with Gasteiger partial charge in [-0.05, 0) is 37.0 Å². The molecular formula is C14H18O4. The molecule has 18 heavy (non-hydrogen) atoms. The van der Waals surface area contributed by atoms with Crippen LogP contribution in [0.25, 0.3) is 0 Å². The van der Waals surface area contributed by atoms with Gasteiger partial charge in [-0.2, -0.15) is 0 Å². The minimum Gasteiger partial charge on any atom is -0.486 e. The summed E-state index contributed by atoms with van der Waals surface area (Å²) in [5.41, 5.74) is 1.16. The average molecular weight is 250 g/mol. The summed E-state index contributed by atoms with van der Waals surface area (Å²) in [5, 5.41) is 8.80. The summed E-state index contributed by atoms with van der Waals surface area (Å²) < 4.78 is 11.0. The van der Waals surface area contributed by atoms with E-state index in [0.717, 1.165) is 29.9 Å². The molecule has 0 fully saturated rings. The van der Waals surface area contributed by atoms with Crippen LogP contribution in [-0.4, -0.2) is 24.3 Å². The summed E-state index contributed by atoms with van der Waals surface area (Å²) in [6.07, 6.45) is 2.44. The second-order valence-electron chi connectivity index (χ2n) is 4.61. The van der Waals surface area contributed by atoms with Crippen molar-refractivity contribution in [3.05, 3.63) is 23.8 Å². The SMILES string of the molecule is CC(CCCc1ccc2c(c1)OCCO2)C(=O)O. The van der Waals surface area contributed by atoms with E-state index in [-0.39, 0.29) is 5.92 Å². The van der Waals surface area contributed by atoms with Gasteiger partial charge in [-0.3, -0.25) is 4.79 Å². The van der Waals surface area contributed by atoms with E-state index >= 15 is 0 Å². The van der Waals surface area contributed by atoms with E-state index in [4.69, 9.17) is 14.6 Å². The van der Waals surface area contributed by atoms with Crippen molar-refractivity contribution >= 4 is 5.97 Å². The van der Waals surface area contributed by atoms with Crippen molar-refractivity contribution in [2.24, 2.45) is 5.92 Å². The Hall–Kier alpha value is -1.71. The summed E-state index contributed by atoms with van der Waals surface area (Å²) in [6.45, 7) is 2.93. The Balaban J connectivity index is 1.88. The summed E-state index contributed by atoms with van der Waals surface area (Å²) >= 11 is 0. The molecule has 1 aliphatic heterocycles. The molecule has 0 radical (unpaired) electrons. The van der Waals surface area contributed by atoms with Crippen molar-refractivity contribution in [3.8, 4) is 11.5 Å². The molecule has 1 unspecified atom stereocenters. The minimum absolute atomic E-state index is 0.276. The second kappa shape index (κ2) is 5.76. The number of hydrogen-bond acceptors (Lipinski definition) is 3. The molecule has 98 valence electrons. The molecule has 0 saturated heterocycles. The van der Waals surface area contributed by atoms with Crippen molar-refractivity contribution in [2.75, 3.05) is 13.2 Å². The molecule has 0 bridgehead atoms. The van der Waals surface area contributed by atoms with Crippen LogP contribution in [0, 0.1) is 5.92 Å². The fraction of sp³-hybridized carbons (Fsp3) is 0.500. The highest BCUT2D eigenvalue weighted by Gasteiger charge is 2.13. The van der Waals surface area contributed by atoms with E-state index in [1.807, 2.05) is 18.2 Å². The first-order chi connectivity index (χ1) is 8.66. The van der Waals surface area contributed by atoms with Crippen molar-refractivity contribution in [1.29, 1.82) is 0 Å². The number of carboxylic acid groups (broad SMARTS) is 1. The highest BCUT2D eigenvalue weighted by atomic mass is 16.6. The largest absolute Gasteiger partial charge is 0.486 e. The molecule has 1 aromatic rings. The van der Waals surface area contributed by atoms with Crippen LogP contribution in [0.1, 0.15) is 25.3 Å². The van der Waals surface area contributed by atoms with Crippen molar-refractivity contribution in [2.45, 2.75) is 26.2 Å². The highest BCUT2D eigenvalue weighted by Crippen LogP contribution is 2.31. The molecule has 4 heteroatoms. The number of benzene rings is 1. The predicted octanol–water partition coefficient (Wildman–Crippen LogP) is 2.50. The Morgan fingerprint density at radius 3 is 2.78 bits per heavy atom. The first kappa shape index (κ1) is 12.7. The third-order valence-corrected chi connectivity index (χ3v) is 3.13. The molecule has 1 N–H and O–H groups in total. The fourth-order valence-electron chi connectivity index (χ4n) is 1.98. The maximum atomic E-state index is 10.7. The van der Waals surface area contributed by atoms with E-state index in [9.17, 15) is 4.79 Å². The molecule has 0 spiro atoms. The van der Waals surface area contributed by atoms with Gasteiger partial charge in [-0.25, -0.2) is 0 Å². The Kier molecular flexibility index (Phi) is 4.07. The molecule has 4 nitrogen and oxygen atoms in total. The van der Waals surface area contributed by atoms with Gasteiger partial charge in [0, 0.05) is 0 Å². The lowest BCUT2D eigenvalue weighted by Gasteiger charge is -2.18. The lowest BCUT2D eigenvalue weighted by Crippen LogP contribution is -2.15. The van der Waals surface area contributed by atoms with Crippen molar-refractivity contribution in [3.63, 3.8) is 0 Å². The molecule has 1 aliphatic rings. The normalized spacial score (nSPS) is 15.2. The number of aryl methyl sites for hydroxylation is 1. The lowest BCUT2D eigenvalue weighted by atomic mass is 10.0. The summed E-state index contributed by atoms with van der Waals surface area (Å²) in [5.74, 6) is 0.591. The number of carbonyl (C=O) groups is 1. The standard InChI is InChI=1S/C14H18O4/c1-10(14(15)16)3-2-4-11-5-6-12-13(9-11)18-8-7-17-12/h5-6,9-10H,2-4,7-8H2,1H3,(H,15,16). The Morgan fingerprint density at radius 2 is 2.06 bits per heavy atom. The monoisotopic (exact) mass is 250 g/mol. The second-order valence-corrected chi connectivity index (χ2v) is 4.61. The van der Waals surface area contributed by atoms with Gasteiger partial charge < -0.3 is 14.6 Å². The Morgan fingerprint density at radius 1 is 1.33 bits per heavy atom. The van der Waals surface area contributed by atoms with E-state index in [1.54, 1.807) is 6.92 Å². The van der Waals surface area contributed by atoms with E-state index < -0.39 is 5.97 Å². The molecule has 2 rings (SSSR count). The van der Waals surface area contributed by atoms with Gasteiger partial charge >= 0.3 is 5.97 Å². The van der Waals surface area contributed by atoms with Crippen molar-refractivity contribution in [1.82, 2.24) is 0 Å². The summed E-state index contributed by atoms with van der Waals surface area (Å²) in [6, 6.07) is 5.92. The van der Waals surface area contributed by atoms with Crippen LogP contribution in [0.2, 0.25) is 0 Å². The van der Waals surface area contributed by atoms with Crippen molar-refractivity contribution < 1.29 is 19.4 Å². The van der Waals surface area contributed by atoms with Gasteiger partial charge in [0.1, 0.15) is 13.2 Å². The van der Waals surface area contributed by atoms with Crippen LogP contribution in [0.4, 0.5) is 0 Å². The summed E-state index contributed by atoms with van der Waals surface area (Å²) in [4.78, 5) is 10.7. The molecule has 1 heterocycles. The zero-order valence-corrected chi connectivity index (χ0v) is 10.5. The topological polar surface area (TPSA) is 55.8 Å². The molecule has 0 aromatic heterocycles. The number of carboxylic acids is 1. The maximum Gasteiger partial charge on any atom is 0.306 e. The third kappa shape index (κ3) is 3.15. The zero-order valence-electron chi connectivity index (χ0n) is 10.5. The average Bonchev–Trinajstić information content (AvgIpc) is 2.38. The molecular weight excluding hydrogens is 232 g/mol. The Labute approximate surface area is 107 Å². The van der Waals surface area contributed by atoms with Crippen LogP contribution in [-0.2, 0) is 11.2 Å². The lowest BCUT2D eigenvalue weighted by molar-refractivity contribution is -0.141. The van der Waals surface area contributed by atoms with Gasteiger partial charge in [0.2, 0.25) is 0 Å². The Bertz CT molecular complexity index is 428. The molecule has 0 aliphatic carbocycles. The summed E-state index contributed by atoms with van der Waals surface area (Å²) in [7, 11) is 0. The van der Waals surface area contributed by atoms with Crippen LogP contribution in [0.15, 0.2) is 18.2 Å². The molecule has 0 saturated carbocycles. The van der Waals surface area contributed by atoms with Gasteiger partial charge in [-0.15, -0.1) is 0 Å². The number of hydrogen-bond donors (Lipinski definition) is 1. The number of aliphatic carboxylic acids is 1. The van der Waals surface area contributed by atoms with E-state index in [2.05, 4.69) is 0 Å². The first-order valence-electron chi connectivity index (χ1n) is 6.28. The molecule has 1 atom stereocenters. The van der Waals surface area contributed by atoms with Gasteiger partial charge in [0.05, 0.1) is 5.92 Å². The van der Waals surface area contributed by atoms with Crippen LogP contribution in [0.5, 0.6) is 11.5 Å². The van der Waals surface area contributed by atoms with E-state index in [0.29, 0.717) is 19.6 Å². The highest BCUT2D eigenvalue weighted by molar-refractivity contribution is 5.69. The minimum atomic E-state index is -0.725. The van der Waals surface area contributed by atoms with E-state index in [1.165, 1.54) is 0 Å². The third-order valence-electron chi connectivity index (χ3n) is 3.13. The fourth-order valence-corrected chi connectivity index (χ4v) is 1.98. The number of rotatable bonds is 5. The quantitative estimate of drug-likeness (QED) is 0.872. The van der Waals surface area contributed by atoms with Crippen LogP contribution < -0.4 is 9.47 Å². The first-order valence-corrected chi connectivity index (χ1v) is 6.28. The molecule has 1 aromatic carbocycles. The maximum absolute atomic E-state index is 10.7. The smallest absolute Gasteiger partial charge is 0.306 e. The predicted molar refractivity (Wildman–Crippen MR) is 67.2 cm³/mol. The van der Waals surface area contributed by atoms with Gasteiger partial charge in [0.25, 0.3) is 0 Å². The van der Waals surface area contributed by atoms with Gasteiger partial charge in [0.15, 0.2) is 11.5 Å². The molecule has 0 amide bonds. The zero-order chi connectivity index (χ0) is 13.0. The van der Waals surface area contributed by atoms with Crippen LogP contribution in [0.3, 0.4) is 0 Å². The number of fused-ring (bicyclic) bond motifs is 1. The van der Waals surface area contributed by atoms with Crippen LogP contribution >= 0.6 is 0 Å².